The molecule has 0 bridgehead atoms. The Labute approximate surface area is 176 Å². The third-order valence-corrected chi connectivity index (χ3v) is 5.02. The molecular weight excluding hydrogens is 395 g/mol. The smallest absolute Gasteiger partial charge is 0.266 e. The molecule has 7 nitrogen and oxygen atoms in total. The van der Waals surface area contributed by atoms with Crippen LogP contribution in [0.5, 0.6) is 0 Å². The van der Waals surface area contributed by atoms with Crippen molar-refractivity contribution in [3.05, 3.63) is 95.2 Å². The van der Waals surface area contributed by atoms with Crippen molar-refractivity contribution in [3.63, 3.8) is 0 Å². The van der Waals surface area contributed by atoms with Crippen molar-refractivity contribution in [3.8, 4) is 5.69 Å². The van der Waals surface area contributed by atoms with E-state index in [0.717, 1.165) is 5.39 Å². The summed E-state index contributed by atoms with van der Waals surface area (Å²) in [6, 6.07) is 16.5. The zero-order valence-electron chi connectivity index (χ0n) is 16.5. The molecule has 2 aromatic carbocycles. The zero-order valence-corrected chi connectivity index (χ0v) is 16.5. The number of aromatic nitrogens is 5. The van der Waals surface area contributed by atoms with Crippen molar-refractivity contribution in [1.29, 1.82) is 0 Å². The first-order valence-corrected chi connectivity index (χ1v) is 9.72. The van der Waals surface area contributed by atoms with Crippen LogP contribution in [-0.4, -0.2) is 24.5 Å². The van der Waals surface area contributed by atoms with Gasteiger partial charge in [0.25, 0.3) is 5.56 Å². The van der Waals surface area contributed by atoms with Gasteiger partial charge in [-0.3, -0.25) is 9.36 Å². The van der Waals surface area contributed by atoms with Crippen LogP contribution in [0.15, 0.2) is 78.0 Å². The Kier molecular flexibility index (Phi) is 4.59. The first kappa shape index (κ1) is 18.8. The molecule has 8 heteroatoms. The van der Waals surface area contributed by atoms with E-state index in [1.54, 1.807) is 6.20 Å². The second kappa shape index (κ2) is 7.56. The Morgan fingerprint density at radius 1 is 0.968 bits per heavy atom. The van der Waals surface area contributed by atoms with Crippen LogP contribution in [0, 0.1) is 5.82 Å². The summed E-state index contributed by atoms with van der Waals surface area (Å²) in [7, 11) is 0. The molecule has 0 aliphatic rings. The van der Waals surface area contributed by atoms with E-state index >= 15 is 0 Å². The second-order valence-electron chi connectivity index (χ2n) is 7.07. The third-order valence-electron chi connectivity index (χ3n) is 5.02. The lowest BCUT2D eigenvalue weighted by molar-refractivity contribution is 0.629. The van der Waals surface area contributed by atoms with Gasteiger partial charge in [-0.25, -0.2) is 24.3 Å². The first-order chi connectivity index (χ1) is 15.1. The molecule has 0 aliphatic carbocycles. The van der Waals surface area contributed by atoms with Crippen molar-refractivity contribution in [1.82, 2.24) is 24.5 Å². The zero-order chi connectivity index (χ0) is 21.4. The largest absolute Gasteiger partial charge is 0.360 e. The predicted octanol–water partition coefficient (Wildman–Crippen LogP) is 4.04. The fraction of sp³-hybridized carbons (Fsp3) is 0.0870. The highest BCUT2D eigenvalue weighted by molar-refractivity contribution is 5.86. The minimum atomic E-state index is -0.482. The SMILES string of the molecule is C[C@H](Nc1ncnc2ncccc12)c1nc2ccc(F)cc2c(=O)n1-c1ccccc1. The fourth-order valence-corrected chi connectivity index (χ4v) is 3.57. The van der Waals surface area contributed by atoms with Gasteiger partial charge in [0.15, 0.2) is 5.65 Å². The number of rotatable bonds is 4. The Bertz CT molecular complexity index is 1460. The molecule has 0 saturated heterocycles. The normalized spacial score (nSPS) is 12.2. The van der Waals surface area contributed by atoms with Gasteiger partial charge in [-0.2, -0.15) is 0 Å². The topological polar surface area (TPSA) is 85.6 Å². The number of nitrogens with zero attached hydrogens (tertiary/aromatic N) is 5. The minimum absolute atomic E-state index is 0.219. The van der Waals surface area contributed by atoms with E-state index in [2.05, 4.69) is 20.3 Å². The Morgan fingerprint density at radius 3 is 2.65 bits per heavy atom. The maximum atomic E-state index is 13.8. The van der Waals surface area contributed by atoms with Crippen molar-refractivity contribution in [2.24, 2.45) is 0 Å². The maximum Gasteiger partial charge on any atom is 0.266 e. The molecule has 0 unspecified atom stereocenters. The molecule has 0 saturated carbocycles. The van der Waals surface area contributed by atoms with Crippen LogP contribution in [0.2, 0.25) is 0 Å². The Morgan fingerprint density at radius 2 is 1.81 bits per heavy atom. The average Bonchev–Trinajstić information content (AvgIpc) is 2.80. The summed E-state index contributed by atoms with van der Waals surface area (Å²) in [4.78, 5) is 30.8. The van der Waals surface area contributed by atoms with Crippen molar-refractivity contribution in [2.45, 2.75) is 13.0 Å². The molecular formula is C23H17FN6O. The van der Waals surface area contributed by atoms with Crippen LogP contribution in [0.1, 0.15) is 18.8 Å². The van der Waals surface area contributed by atoms with Crippen LogP contribution >= 0.6 is 0 Å². The van der Waals surface area contributed by atoms with E-state index in [4.69, 9.17) is 4.98 Å². The van der Waals surface area contributed by atoms with Crippen molar-refractivity contribution in [2.75, 3.05) is 5.32 Å². The van der Waals surface area contributed by atoms with Gasteiger partial charge in [0.05, 0.1) is 28.0 Å². The van der Waals surface area contributed by atoms with Crippen LogP contribution in [0.4, 0.5) is 10.2 Å². The van der Waals surface area contributed by atoms with Gasteiger partial charge in [-0.1, -0.05) is 18.2 Å². The molecule has 3 aromatic heterocycles. The summed E-state index contributed by atoms with van der Waals surface area (Å²) in [5, 5.41) is 4.30. The molecule has 3 heterocycles. The van der Waals surface area contributed by atoms with Gasteiger partial charge in [0, 0.05) is 6.20 Å². The molecule has 1 atom stereocenters. The summed E-state index contributed by atoms with van der Waals surface area (Å²) in [5.74, 6) is 0.578. The van der Waals surface area contributed by atoms with Gasteiger partial charge < -0.3 is 5.32 Å². The van der Waals surface area contributed by atoms with Gasteiger partial charge in [0.1, 0.15) is 23.8 Å². The van der Waals surface area contributed by atoms with Crippen LogP contribution in [-0.2, 0) is 0 Å². The van der Waals surface area contributed by atoms with Gasteiger partial charge in [-0.15, -0.1) is 0 Å². The summed E-state index contributed by atoms with van der Waals surface area (Å²) >= 11 is 0. The molecule has 5 rings (SSSR count). The van der Waals surface area contributed by atoms with Gasteiger partial charge in [-0.05, 0) is 49.4 Å². The summed E-state index contributed by atoms with van der Waals surface area (Å²) in [6.45, 7) is 1.89. The van der Waals surface area contributed by atoms with Crippen LogP contribution in [0.25, 0.3) is 27.6 Å². The Hall–Kier alpha value is -4.20. The van der Waals surface area contributed by atoms with E-state index in [-0.39, 0.29) is 10.9 Å². The molecule has 0 amide bonds. The lowest BCUT2D eigenvalue weighted by Crippen LogP contribution is -2.27. The molecule has 152 valence electrons. The van der Waals surface area contributed by atoms with Crippen LogP contribution < -0.4 is 10.9 Å². The van der Waals surface area contributed by atoms with E-state index in [1.165, 1.54) is 29.1 Å². The molecule has 31 heavy (non-hydrogen) atoms. The number of hydrogen-bond acceptors (Lipinski definition) is 6. The number of para-hydroxylation sites is 1. The monoisotopic (exact) mass is 412 g/mol. The maximum absolute atomic E-state index is 13.8. The molecule has 1 N–H and O–H groups in total. The predicted molar refractivity (Wildman–Crippen MR) is 117 cm³/mol. The Balaban J connectivity index is 1.69. The second-order valence-corrected chi connectivity index (χ2v) is 7.07. The number of hydrogen-bond donors (Lipinski definition) is 1. The lowest BCUT2D eigenvalue weighted by atomic mass is 10.2. The number of anilines is 1. The highest BCUT2D eigenvalue weighted by Crippen LogP contribution is 2.24. The molecule has 0 radical (unpaired) electrons. The van der Waals surface area contributed by atoms with Crippen molar-refractivity contribution >= 4 is 27.8 Å². The van der Waals surface area contributed by atoms with E-state index in [0.29, 0.717) is 28.5 Å². The fourth-order valence-electron chi connectivity index (χ4n) is 3.57. The third kappa shape index (κ3) is 3.38. The number of nitrogens with one attached hydrogen (secondary N) is 1. The number of halogens is 1. The molecule has 0 spiro atoms. The molecule has 0 aliphatic heterocycles. The van der Waals surface area contributed by atoms with E-state index < -0.39 is 11.9 Å². The van der Waals surface area contributed by atoms with Gasteiger partial charge in [0.2, 0.25) is 0 Å². The minimum Gasteiger partial charge on any atom is -0.360 e. The van der Waals surface area contributed by atoms with Crippen molar-refractivity contribution < 1.29 is 4.39 Å². The quantitative estimate of drug-likeness (QED) is 0.480. The highest BCUT2D eigenvalue weighted by atomic mass is 19.1. The summed E-state index contributed by atoms with van der Waals surface area (Å²) in [5.41, 5.74) is 1.30. The van der Waals surface area contributed by atoms with Gasteiger partial charge >= 0.3 is 0 Å². The highest BCUT2D eigenvalue weighted by Gasteiger charge is 2.19. The first-order valence-electron chi connectivity index (χ1n) is 9.72. The van der Waals surface area contributed by atoms with E-state index in [1.807, 2.05) is 49.4 Å². The molecule has 5 aromatic rings. The van der Waals surface area contributed by atoms with Crippen LogP contribution in [0.3, 0.4) is 0 Å². The van der Waals surface area contributed by atoms with E-state index in [9.17, 15) is 9.18 Å². The number of fused-ring (bicyclic) bond motifs is 2. The summed E-state index contributed by atoms with van der Waals surface area (Å²) < 4.78 is 15.3. The number of benzene rings is 2. The molecule has 0 fully saturated rings. The summed E-state index contributed by atoms with van der Waals surface area (Å²) in [6.07, 6.45) is 3.10. The lowest BCUT2D eigenvalue weighted by Gasteiger charge is -2.20. The number of pyridine rings is 1. The standard InChI is InChI=1S/C23H17FN6O/c1-14(28-21-17-8-5-11-25-20(17)26-13-27-21)22-29-19-10-9-15(24)12-18(19)23(31)30(22)16-6-3-2-4-7-16/h2-14H,1H3,(H,25,26,27,28)/t14-/m0/s1. The average molecular weight is 412 g/mol.